The van der Waals surface area contributed by atoms with Crippen LogP contribution in [0.1, 0.15) is 18.1 Å². The molecule has 1 rings (SSSR count). The summed E-state index contributed by atoms with van der Waals surface area (Å²) in [7, 11) is 1.57. The van der Waals surface area contributed by atoms with Crippen LogP contribution in [0.15, 0.2) is 30.3 Å². The molecule has 0 aromatic heterocycles. The second kappa shape index (κ2) is 5.00. The molecule has 0 amide bonds. The van der Waals surface area contributed by atoms with Gasteiger partial charge in [0.25, 0.3) is 0 Å². The van der Waals surface area contributed by atoms with E-state index < -0.39 is 0 Å². The van der Waals surface area contributed by atoms with Gasteiger partial charge in [0.05, 0.1) is 12.5 Å². The third kappa shape index (κ3) is 3.17. The summed E-state index contributed by atoms with van der Waals surface area (Å²) in [5, 5.41) is -0.379. The van der Waals surface area contributed by atoms with Crippen molar-refractivity contribution in [2.24, 2.45) is 0 Å². The van der Waals surface area contributed by atoms with E-state index in [9.17, 15) is 4.79 Å². The van der Waals surface area contributed by atoms with Gasteiger partial charge in [-0.2, -0.15) is 0 Å². The molecule has 0 aliphatic rings. The van der Waals surface area contributed by atoms with Gasteiger partial charge in [0.15, 0.2) is 0 Å². The highest BCUT2D eigenvalue weighted by atomic mass is 35.5. The summed E-state index contributed by atoms with van der Waals surface area (Å²) in [5.74, 6) is 0. The van der Waals surface area contributed by atoms with E-state index in [2.05, 4.69) is 0 Å². The van der Waals surface area contributed by atoms with Crippen LogP contribution in [0.2, 0.25) is 0 Å². The van der Waals surface area contributed by atoms with E-state index >= 15 is 0 Å². The van der Waals surface area contributed by atoms with Gasteiger partial charge in [-0.15, -0.1) is 0 Å². The van der Waals surface area contributed by atoms with Gasteiger partial charge in [-0.25, -0.2) is 0 Å². The summed E-state index contributed by atoms with van der Waals surface area (Å²) >= 11 is 5.28. The van der Waals surface area contributed by atoms with Crippen molar-refractivity contribution in [1.29, 1.82) is 0 Å². The fourth-order valence-electron chi connectivity index (χ4n) is 1.15. The molecule has 0 saturated heterocycles. The summed E-state index contributed by atoms with van der Waals surface area (Å²) in [4.78, 5) is 10.7. The molecular formula is C10H11ClO2. The lowest BCUT2D eigenvalue weighted by Gasteiger charge is -2.12. The first-order valence-electron chi connectivity index (χ1n) is 4.00. The zero-order valence-corrected chi connectivity index (χ0v) is 8.12. The Bertz CT molecular complexity index is 272. The van der Waals surface area contributed by atoms with E-state index in [4.69, 9.17) is 16.3 Å². The predicted molar refractivity (Wildman–Crippen MR) is 51.7 cm³/mol. The fraction of sp³-hybridized carbons (Fsp3) is 0.300. The summed E-state index contributed by atoms with van der Waals surface area (Å²) in [6, 6.07) is 9.54. The Kier molecular flexibility index (Phi) is 3.93. The molecule has 0 radical (unpaired) electrons. The van der Waals surface area contributed by atoms with Crippen LogP contribution in [0.25, 0.3) is 0 Å². The number of hydrogen-bond acceptors (Lipinski definition) is 2. The monoisotopic (exact) mass is 198 g/mol. The van der Waals surface area contributed by atoms with E-state index in [1.54, 1.807) is 7.11 Å². The van der Waals surface area contributed by atoms with Gasteiger partial charge in [0.1, 0.15) is 0 Å². The van der Waals surface area contributed by atoms with Gasteiger partial charge in [0.2, 0.25) is 5.24 Å². The topological polar surface area (TPSA) is 26.3 Å². The van der Waals surface area contributed by atoms with Crippen LogP contribution in [0.3, 0.4) is 0 Å². The van der Waals surface area contributed by atoms with E-state index in [1.165, 1.54) is 0 Å². The molecule has 0 N–H and O–H groups in total. The maximum absolute atomic E-state index is 10.7. The molecule has 0 heterocycles. The van der Waals surface area contributed by atoms with Crippen molar-refractivity contribution in [2.45, 2.75) is 12.5 Å². The van der Waals surface area contributed by atoms with E-state index in [-0.39, 0.29) is 17.8 Å². The highest BCUT2D eigenvalue weighted by molar-refractivity contribution is 6.63. The lowest BCUT2D eigenvalue weighted by molar-refractivity contribution is -0.114. The van der Waals surface area contributed by atoms with Crippen LogP contribution in [0.5, 0.6) is 0 Å². The molecule has 1 aromatic rings. The van der Waals surface area contributed by atoms with Crippen molar-refractivity contribution in [3.05, 3.63) is 35.9 Å². The quantitative estimate of drug-likeness (QED) is 0.695. The number of methoxy groups -OCH3 is 1. The second-order valence-corrected chi connectivity index (χ2v) is 3.12. The molecule has 0 saturated carbocycles. The molecule has 13 heavy (non-hydrogen) atoms. The Hall–Kier alpha value is -0.860. The number of carbonyl (C=O) groups excluding carboxylic acids is 1. The molecule has 0 aliphatic heterocycles. The van der Waals surface area contributed by atoms with Crippen molar-refractivity contribution >= 4 is 16.8 Å². The minimum atomic E-state index is -0.379. The van der Waals surface area contributed by atoms with Crippen molar-refractivity contribution < 1.29 is 9.53 Å². The molecule has 1 unspecified atom stereocenters. The molecule has 0 aliphatic carbocycles. The molecule has 0 spiro atoms. The lowest BCUT2D eigenvalue weighted by atomic mass is 10.1. The number of carbonyl (C=O) groups is 1. The minimum absolute atomic E-state index is 0.210. The van der Waals surface area contributed by atoms with Gasteiger partial charge in [-0.3, -0.25) is 4.79 Å². The van der Waals surface area contributed by atoms with Crippen molar-refractivity contribution in [2.75, 3.05) is 7.11 Å². The molecule has 1 atom stereocenters. The zero-order valence-electron chi connectivity index (χ0n) is 7.37. The number of halogens is 1. The van der Waals surface area contributed by atoms with Crippen LogP contribution in [-0.2, 0) is 9.53 Å². The van der Waals surface area contributed by atoms with Crippen LogP contribution in [0, 0.1) is 0 Å². The first-order chi connectivity index (χ1) is 6.24. The highest BCUT2D eigenvalue weighted by Gasteiger charge is 2.12. The van der Waals surface area contributed by atoms with Gasteiger partial charge in [-0.1, -0.05) is 30.3 Å². The largest absolute Gasteiger partial charge is 0.376 e. The fourth-order valence-corrected chi connectivity index (χ4v) is 1.29. The van der Waals surface area contributed by atoms with Crippen LogP contribution >= 0.6 is 11.6 Å². The number of rotatable bonds is 4. The Morgan fingerprint density at radius 1 is 1.46 bits per heavy atom. The molecule has 1 aromatic carbocycles. The Morgan fingerprint density at radius 3 is 2.54 bits per heavy atom. The highest BCUT2D eigenvalue weighted by Crippen LogP contribution is 2.20. The Balaban J connectivity index is 2.73. The SMILES string of the molecule is COC(CC(=O)Cl)c1ccccc1. The Labute approximate surface area is 82.5 Å². The van der Waals surface area contributed by atoms with Gasteiger partial charge in [0, 0.05) is 7.11 Å². The average molecular weight is 199 g/mol. The van der Waals surface area contributed by atoms with Crippen molar-refractivity contribution in [1.82, 2.24) is 0 Å². The first-order valence-corrected chi connectivity index (χ1v) is 4.38. The van der Waals surface area contributed by atoms with Crippen LogP contribution in [-0.4, -0.2) is 12.4 Å². The predicted octanol–water partition coefficient (Wildman–Crippen LogP) is 2.53. The standard InChI is InChI=1S/C10H11ClO2/c1-13-9(7-10(11)12)8-5-3-2-4-6-8/h2-6,9H,7H2,1H3. The summed E-state index contributed by atoms with van der Waals surface area (Å²) in [5.41, 5.74) is 0.971. The van der Waals surface area contributed by atoms with Crippen molar-refractivity contribution in [3.63, 3.8) is 0 Å². The third-order valence-corrected chi connectivity index (χ3v) is 1.96. The maximum Gasteiger partial charge on any atom is 0.224 e. The molecule has 2 nitrogen and oxygen atoms in total. The molecule has 3 heteroatoms. The minimum Gasteiger partial charge on any atom is -0.376 e. The van der Waals surface area contributed by atoms with Gasteiger partial charge < -0.3 is 4.74 Å². The average Bonchev–Trinajstić information content (AvgIpc) is 2.15. The molecular weight excluding hydrogens is 188 g/mol. The summed E-state index contributed by atoms with van der Waals surface area (Å²) in [6.07, 6.45) is -0.0200. The summed E-state index contributed by atoms with van der Waals surface area (Å²) < 4.78 is 5.14. The zero-order chi connectivity index (χ0) is 9.68. The lowest BCUT2D eigenvalue weighted by Crippen LogP contribution is -2.04. The number of benzene rings is 1. The Morgan fingerprint density at radius 2 is 2.08 bits per heavy atom. The third-order valence-electron chi connectivity index (χ3n) is 1.80. The van der Waals surface area contributed by atoms with Gasteiger partial charge in [-0.05, 0) is 17.2 Å². The second-order valence-electron chi connectivity index (χ2n) is 2.69. The normalized spacial score (nSPS) is 12.5. The van der Waals surface area contributed by atoms with Crippen LogP contribution in [0.4, 0.5) is 0 Å². The smallest absolute Gasteiger partial charge is 0.224 e. The molecule has 0 bridgehead atoms. The van der Waals surface area contributed by atoms with E-state index in [0.717, 1.165) is 5.56 Å². The van der Waals surface area contributed by atoms with Crippen molar-refractivity contribution in [3.8, 4) is 0 Å². The maximum atomic E-state index is 10.7. The van der Waals surface area contributed by atoms with Crippen LogP contribution < -0.4 is 0 Å². The number of hydrogen-bond donors (Lipinski definition) is 0. The number of ether oxygens (including phenoxy) is 1. The van der Waals surface area contributed by atoms with E-state index in [1.807, 2.05) is 30.3 Å². The molecule has 70 valence electrons. The summed E-state index contributed by atoms with van der Waals surface area (Å²) in [6.45, 7) is 0. The van der Waals surface area contributed by atoms with Gasteiger partial charge >= 0.3 is 0 Å². The van der Waals surface area contributed by atoms with E-state index in [0.29, 0.717) is 0 Å². The first kappa shape index (κ1) is 10.2. The molecule has 0 fully saturated rings.